The molecule has 2 aliphatic rings. The van der Waals surface area contributed by atoms with Gasteiger partial charge in [-0.2, -0.15) is 23.3 Å². The zero-order valence-corrected chi connectivity index (χ0v) is 14.2. The van der Waals surface area contributed by atoms with Crippen molar-refractivity contribution in [2.24, 2.45) is 11.0 Å². The SMILES string of the molecule is CCS(=O)(=O)N1CCC[C@@H](C(=O)N2N=C(C)C[C@]2(O)C(F)(F)F)C1. The number of alkyl halides is 3. The molecule has 7 nitrogen and oxygen atoms in total. The highest BCUT2D eigenvalue weighted by molar-refractivity contribution is 7.89. The van der Waals surface area contributed by atoms with Gasteiger partial charge in [0.1, 0.15) is 0 Å². The molecular formula is C13H20F3N3O4S. The van der Waals surface area contributed by atoms with Crippen LogP contribution < -0.4 is 0 Å². The van der Waals surface area contributed by atoms with Crippen LogP contribution in [0.2, 0.25) is 0 Å². The van der Waals surface area contributed by atoms with Crippen molar-refractivity contribution in [3.8, 4) is 0 Å². The molecule has 0 unspecified atom stereocenters. The first-order chi connectivity index (χ1) is 10.9. The van der Waals surface area contributed by atoms with E-state index in [0.29, 0.717) is 6.42 Å². The minimum Gasteiger partial charge on any atom is -0.362 e. The molecule has 0 aromatic carbocycles. The number of piperidine rings is 1. The van der Waals surface area contributed by atoms with Gasteiger partial charge < -0.3 is 5.11 Å². The lowest BCUT2D eigenvalue weighted by Gasteiger charge is -2.37. The van der Waals surface area contributed by atoms with E-state index in [2.05, 4.69) is 5.10 Å². The van der Waals surface area contributed by atoms with Gasteiger partial charge in [0.25, 0.3) is 5.72 Å². The van der Waals surface area contributed by atoms with Gasteiger partial charge in [0, 0.05) is 25.2 Å². The monoisotopic (exact) mass is 371 g/mol. The number of hydrazone groups is 1. The number of halogens is 3. The topological polar surface area (TPSA) is 90.3 Å². The summed E-state index contributed by atoms with van der Waals surface area (Å²) in [5, 5.41) is 13.6. The number of hydrogen-bond donors (Lipinski definition) is 1. The van der Waals surface area contributed by atoms with E-state index in [-0.39, 0.29) is 36.0 Å². The largest absolute Gasteiger partial charge is 0.438 e. The highest BCUT2D eigenvalue weighted by Crippen LogP contribution is 2.41. The molecule has 11 heteroatoms. The first kappa shape index (κ1) is 19.1. The molecule has 0 aliphatic carbocycles. The van der Waals surface area contributed by atoms with Crippen LogP contribution in [-0.2, 0) is 14.8 Å². The lowest BCUT2D eigenvalue weighted by atomic mass is 9.97. The zero-order valence-electron chi connectivity index (χ0n) is 13.4. The number of aliphatic hydroxyl groups is 1. The van der Waals surface area contributed by atoms with Gasteiger partial charge in [-0.25, -0.2) is 12.7 Å². The van der Waals surface area contributed by atoms with E-state index in [1.807, 2.05) is 0 Å². The van der Waals surface area contributed by atoms with Crippen molar-refractivity contribution in [3.05, 3.63) is 0 Å². The maximum Gasteiger partial charge on any atom is 0.438 e. The first-order valence-electron chi connectivity index (χ1n) is 7.57. The van der Waals surface area contributed by atoms with Crippen LogP contribution in [0.15, 0.2) is 5.10 Å². The van der Waals surface area contributed by atoms with Crippen LogP contribution >= 0.6 is 0 Å². The molecule has 0 bridgehead atoms. The molecule has 24 heavy (non-hydrogen) atoms. The van der Waals surface area contributed by atoms with Crippen molar-refractivity contribution < 1.29 is 31.5 Å². The number of carbonyl (C=O) groups is 1. The minimum absolute atomic E-state index is 0.0166. The lowest BCUT2D eigenvalue weighted by Crippen LogP contribution is -2.59. The van der Waals surface area contributed by atoms with Crippen molar-refractivity contribution in [1.82, 2.24) is 9.31 Å². The van der Waals surface area contributed by atoms with Gasteiger partial charge in [0.2, 0.25) is 15.9 Å². The molecule has 2 aliphatic heterocycles. The Balaban J connectivity index is 2.24. The average Bonchev–Trinajstić information content (AvgIpc) is 2.82. The maximum atomic E-state index is 13.2. The standard InChI is InChI=1S/C13H20F3N3O4S/c1-3-24(22,23)18-6-4-5-10(8-18)11(20)19-12(21,13(14,15)16)7-9(2)17-19/h10,21H,3-8H2,1-2H3/t10-,12+/m1/s1. The molecule has 1 saturated heterocycles. The van der Waals surface area contributed by atoms with Crippen molar-refractivity contribution >= 4 is 21.6 Å². The molecule has 1 fully saturated rings. The van der Waals surface area contributed by atoms with Crippen LogP contribution in [0, 0.1) is 5.92 Å². The van der Waals surface area contributed by atoms with E-state index in [4.69, 9.17) is 0 Å². The summed E-state index contributed by atoms with van der Waals surface area (Å²) in [4.78, 5) is 12.5. The second kappa shape index (κ2) is 6.26. The van der Waals surface area contributed by atoms with Gasteiger partial charge in [-0.1, -0.05) is 0 Å². The van der Waals surface area contributed by atoms with Crippen LogP contribution in [0.5, 0.6) is 0 Å². The van der Waals surface area contributed by atoms with Crippen molar-refractivity contribution in [2.45, 2.75) is 45.0 Å². The molecule has 0 saturated carbocycles. The van der Waals surface area contributed by atoms with Gasteiger partial charge >= 0.3 is 6.18 Å². The third-order valence-corrected chi connectivity index (χ3v) is 6.13. The molecular weight excluding hydrogens is 351 g/mol. The molecule has 1 N–H and O–H groups in total. The third-order valence-electron chi connectivity index (χ3n) is 4.28. The van der Waals surface area contributed by atoms with Crippen LogP contribution in [0.25, 0.3) is 0 Å². The normalized spacial score (nSPS) is 29.7. The number of rotatable bonds is 3. The van der Waals surface area contributed by atoms with Crippen molar-refractivity contribution in [3.63, 3.8) is 0 Å². The fourth-order valence-corrected chi connectivity index (χ4v) is 4.10. The summed E-state index contributed by atoms with van der Waals surface area (Å²) in [7, 11) is -3.54. The Morgan fingerprint density at radius 3 is 2.62 bits per heavy atom. The molecule has 138 valence electrons. The van der Waals surface area contributed by atoms with Gasteiger partial charge in [-0.3, -0.25) is 4.79 Å². The van der Waals surface area contributed by atoms with Crippen molar-refractivity contribution in [1.29, 1.82) is 0 Å². The van der Waals surface area contributed by atoms with E-state index in [1.54, 1.807) is 0 Å². The Morgan fingerprint density at radius 1 is 1.46 bits per heavy atom. The molecule has 0 aromatic rings. The number of carbonyl (C=O) groups excluding carboxylic acids is 1. The van der Waals surface area contributed by atoms with Crippen LogP contribution in [0.4, 0.5) is 13.2 Å². The first-order valence-corrected chi connectivity index (χ1v) is 9.18. The Labute approximate surface area is 138 Å². The van der Waals surface area contributed by atoms with E-state index in [1.165, 1.54) is 13.8 Å². The summed E-state index contributed by atoms with van der Waals surface area (Å²) in [6, 6.07) is 0. The zero-order chi connectivity index (χ0) is 18.3. The predicted molar refractivity (Wildman–Crippen MR) is 79.3 cm³/mol. The fourth-order valence-electron chi connectivity index (χ4n) is 2.92. The second-order valence-electron chi connectivity index (χ2n) is 6.07. The highest BCUT2D eigenvalue weighted by atomic mass is 32.2. The molecule has 0 aromatic heterocycles. The Morgan fingerprint density at radius 2 is 2.08 bits per heavy atom. The smallest absolute Gasteiger partial charge is 0.362 e. The van der Waals surface area contributed by atoms with Gasteiger partial charge in [-0.15, -0.1) is 0 Å². The number of hydrogen-bond acceptors (Lipinski definition) is 5. The average molecular weight is 371 g/mol. The molecule has 2 heterocycles. The maximum absolute atomic E-state index is 13.2. The van der Waals surface area contributed by atoms with E-state index in [9.17, 15) is 31.5 Å². The molecule has 2 atom stereocenters. The second-order valence-corrected chi connectivity index (χ2v) is 8.33. The van der Waals surface area contributed by atoms with Gasteiger partial charge in [0.15, 0.2) is 0 Å². The fraction of sp³-hybridized carbons (Fsp3) is 0.846. The summed E-state index contributed by atoms with van der Waals surface area (Å²) in [5.41, 5.74) is -3.39. The minimum atomic E-state index is -5.06. The molecule has 0 spiro atoms. The molecule has 1 amide bonds. The number of sulfonamides is 1. The number of nitrogens with zero attached hydrogens (tertiary/aromatic N) is 3. The highest BCUT2D eigenvalue weighted by Gasteiger charge is 2.63. The van der Waals surface area contributed by atoms with Crippen LogP contribution in [0.3, 0.4) is 0 Å². The summed E-state index contributed by atoms with van der Waals surface area (Å²) in [5.74, 6) is -2.13. The Bertz CT molecular complexity index is 649. The molecule has 2 rings (SSSR count). The summed E-state index contributed by atoms with van der Waals surface area (Å²) < 4.78 is 64.5. The summed E-state index contributed by atoms with van der Waals surface area (Å²) >= 11 is 0. The predicted octanol–water partition coefficient (Wildman–Crippen LogP) is 0.907. The van der Waals surface area contributed by atoms with Crippen LogP contribution in [0.1, 0.15) is 33.1 Å². The van der Waals surface area contributed by atoms with Gasteiger partial charge in [-0.05, 0) is 26.7 Å². The number of amides is 1. The summed E-state index contributed by atoms with van der Waals surface area (Å²) in [6.45, 7) is 2.77. The third kappa shape index (κ3) is 3.29. The summed E-state index contributed by atoms with van der Waals surface area (Å²) in [6.07, 6.45) is -5.27. The van der Waals surface area contributed by atoms with E-state index >= 15 is 0 Å². The Hall–Kier alpha value is -1.20. The lowest BCUT2D eigenvalue weighted by molar-refractivity contribution is -0.303. The van der Waals surface area contributed by atoms with Gasteiger partial charge in [0.05, 0.1) is 11.7 Å². The quantitative estimate of drug-likeness (QED) is 0.798. The van der Waals surface area contributed by atoms with E-state index < -0.39 is 40.2 Å². The van der Waals surface area contributed by atoms with E-state index in [0.717, 1.165) is 4.31 Å². The molecule has 0 radical (unpaired) electrons. The van der Waals surface area contributed by atoms with Crippen molar-refractivity contribution in [2.75, 3.05) is 18.8 Å². The van der Waals surface area contributed by atoms with Crippen LogP contribution in [-0.4, -0.2) is 65.2 Å². The Kier molecular flexibility index (Phi) is 4.99.